The number of nitrogens with zero attached hydrogens (tertiary/aromatic N) is 3. The van der Waals surface area contributed by atoms with E-state index in [-0.39, 0.29) is 28.4 Å². The highest BCUT2D eigenvalue weighted by Crippen LogP contribution is 2.27. The van der Waals surface area contributed by atoms with E-state index in [0.717, 1.165) is 24.2 Å². The average Bonchev–Trinajstić information content (AvgIpc) is 3.46. The number of nitrogens with one attached hydrogen (secondary N) is 1. The first-order valence-electron chi connectivity index (χ1n) is 8.69. The van der Waals surface area contributed by atoms with Crippen molar-refractivity contribution in [2.24, 2.45) is 0 Å². The molecule has 1 saturated heterocycles. The molecule has 9 nitrogen and oxygen atoms in total. The Kier molecular flexibility index (Phi) is 5.04. The van der Waals surface area contributed by atoms with Crippen molar-refractivity contribution < 1.29 is 22.2 Å². The lowest BCUT2D eigenvalue weighted by Gasteiger charge is -2.10. The van der Waals surface area contributed by atoms with Gasteiger partial charge in [-0.1, -0.05) is 5.16 Å². The molecule has 1 aliphatic rings. The molecule has 1 fully saturated rings. The maximum absolute atomic E-state index is 12.5. The molecular weight excluding hydrogens is 404 g/mol. The van der Waals surface area contributed by atoms with Crippen molar-refractivity contribution in [2.75, 3.05) is 13.1 Å². The maximum Gasteiger partial charge on any atom is 0.316 e. The van der Waals surface area contributed by atoms with Crippen molar-refractivity contribution >= 4 is 27.3 Å². The smallest absolute Gasteiger partial charge is 0.316 e. The largest absolute Gasteiger partial charge is 0.465 e. The second-order valence-electron chi connectivity index (χ2n) is 6.41. The molecule has 1 N–H and O–H groups in total. The number of hydrogen-bond donors (Lipinski definition) is 1. The molecule has 3 aromatic heterocycles. The van der Waals surface area contributed by atoms with E-state index >= 15 is 0 Å². The lowest BCUT2D eigenvalue weighted by Crippen LogP contribution is -2.27. The topological polar surface area (TPSA) is 119 Å². The number of amides is 1. The lowest BCUT2D eigenvalue weighted by atomic mass is 10.3. The Morgan fingerprint density at radius 2 is 2.11 bits per heavy atom. The Balaban J connectivity index is 1.47. The Bertz CT molecular complexity index is 1090. The molecule has 0 aliphatic carbocycles. The fraction of sp³-hybridized carbons (Fsp3) is 0.353. The first-order chi connectivity index (χ1) is 13.4. The molecule has 1 aliphatic heterocycles. The van der Waals surface area contributed by atoms with Crippen molar-refractivity contribution in [3.8, 4) is 11.4 Å². The Morgan fingerprint density at radius 1 is 1.32 bits per heavy atom. The second kappa shape index (κ2) is 7.49. The van der Waals surface area contributed by atoms with Gasteiger partial charge in [-0.25, -0.2) is 13.1 Å². The summed E-state index contributed by atoms with van der Waals surface area (Å²) in [7, 11) is -3.71. The molecule has 11 heteroatoms. The fourth-order valence-corrected chi connectivity index (χ4v) is 5.07. The van der Waals surface area contributed by atoms with Gasteiger partial charge in [-0.3, -0.25) is 4.79 Å². The van der Waals surface area contributed by atoms with E-state index in [2.05, 4.69) is 14.9 Å². The number of aromatic nitrogens is 2. The van der Waals surface area contributed by atoms with Crippen LogP contribution in [0, 0.1) is 6.92 Å². The first-order valence-corrected chi connectivity index (χ1v) is 11.1. The number of sulfonamides is 1. The minimum atomic E-state index is -3.71. The van der Waals surface area contributed by atoms with E-state index in [1.54, 1.807) is 29.3 Å². The van der Waals surface area contributed by atoms with E-state index in [4.69, 9.17) is 8.94 Å². The predicted octanol–water partition coefficient (Wildman–Crippen LogP) is 2.41. The van der Waals surface area contributed by atoms with E-state index in [0.29, 0.717) is 30.2 Å². The van der Waals surface area contributed by atoms with Crippen molar-refractivity contribution in [1.82, 2.24) is 19.8 Å². The van der Waals surface area contributed by atoms with Gasteiger partial charge in [0.05, 0.1) is 6.54 Å². The molecule has 4 heterocycles. The van der Waals surface area contributed by atoms with Gasteiger partial charge >= 0.3 is 11.8 Å². The van der Waals surface area contributed by atoms with Crippen LogP contribution in [0.3, 0.4) is 0 Å². The number of carbonyl (C=O) groups excluding carboxylic acids is 1. The third-order valence-corrected chi connectivity index (χ3v) is 7.17. The van der Waals surface area contributed by atoms with E-state index in [9.17, 15) is 13.2 Å². The summed E-state index contributed by atoms with van der Waals surface area (Å²) in [6, 6.07) is 4.94. The quantitative estimate of drug-likeness (QED) is 0.648. The van der Waals surface area contributed by atoms with Gasteiger partial charge in [0.15, 0.2) is 0 Å². The minimum absolute atomic E-state index is 0.0557. The van der Waals surface area contributed by atoms with Crippen LogP contribution in [0.2, 0.25) is 0 Å². The Labute approximate surface area is 165 Å². The number of hydrogen-bond acceptors (Lipinski definition) is 8. The summed E-state index contributed by atoms with van der Waals surface area (Å²) in [5.74, 6) is 1.04. The summed E-state index contributed by atoms with van der Waals surface area (Å²) in [4.78, 5) is 18.1. The van der Waals surface area contributed by atoms with Crippen LogP contribution in [-0.4, -0.2) is 42.5 Å². The number of rotatable bonds is 6. The number of aryl methyl sites for hydroxylation is 1. The monoisotopic (exact) mass is 422 g/mol. The highest BCUT2D eigenvalue weighted by molar-refractivity contribution is 7.91. The summed E-state index contributed by atoms with van der Waals surface area (Å²) in [6.45, 7) is 3.20. The van der Waals surface area contributed by atoms with Crippen molar-refractivity contribution in [1.29, 1.82) is 0 Å². The van der Waals surface area contributed by atoms with Crippen LogP contribution in [0.15, 0.2) is 36.7 Å². The van der Waals surface area contributed by atoms with Gasteiger partial charge < -0.3 is 13.8 Å². The Morgan fingerprint density at radius 3 is 2.82 bits per heavy atom. The molecule has 148 valence electrons. The molecule has 0 spiro atoms. The van der Waals surface area contributed by atoms with Crippen molar-refractivity contribution in [3.05, 3.63) is 41.0 Å². The van der Waals surface area contributed by atoms with Crippen LogP contribution >= 0.6 is 11.3 Å². The number of thiophene rings is 1. The molecule has 0 bridgehead atoms. The zero-order chi connectivity index (χ0) is 19.7. The zero-order valence-corrected chi connectivity index (χ0v) is 16.7. The lowest BCUT2D eigenvalue weighted by molar-refractivity contribution is 0.0743. The van der Waals surface area contributed by atoms with Crippen LogP contribution in [0.5, 0.6) is 0 Å². The first kappa shape index (κ1) is 18.8. The van der Waals surface area contributed by atoms with Crippen LogP contribution in [0.4, 0.5) is 0 Å². The molecule has 0 saturated carbocycles. The molecule has 4 rings (SSSR count). The molecule has 0 atom stereocenters. The van der Waals surface area contributed by atoms with Gasteiger partial charge in [0, 0.05) is 24.0 Å². The van der Waals surface area contributed by atoms with Crippen LogP contribution in [-0.2, 0) is 16.6 Å². The standard InChI is InChI=1S/C17H18N4O5S2/c1-11-4-5-13(25-11)9-18-28(23,24)14-8-12(10-27-14)15-19-16(26-20-15)17(22)21-6-2-3-7-21/h4-5,8,10,18H,2-3,6-7,9H2,1H3. The summed E-state index contributed by atoms with van der Waals surface area (Å²) in [5.41, 5.74) is 0.475. The third-order valence-electron chi connectivity index (χ3n) is 4.33. The van der Waals surface area contributed by atoms with Gasteiger partial charge in [0.1, 0.15) is 15.7 Å². The molecule has 0 aromatic carbocycles. The fourth-order valence-electron chi connectivity index (χ4n) is 2.88. The van der Waals surface area contributed by atoms with Gasteiger partial charge in [0.2, 0.25) is 15.8 Å². The van der Waals surface area contributed by atoms with Crippen molar-refractivity contribution in [3.63, 3.8) is 0 Å². The summed E-state index contributed by atoms with van der Waals surface area (Å²) >= 11 is 1.04. The predicted molar refractivity (Wildman–Crippen MR) is 100 cm³/mol. The molecule has 28 heavy (non-hydrogen) atoms. The van der Waals surface area contributed by atoms with Gasteiger partial charge in [-0.05, 0) is 38.0 Å². The molecule has 0 radical (unpaired) electrons. The molecule has 3 aromatic rings. The summed E-state index contributed by atoms with van der Waals surface area (Å²) < 4.78 is 38.0. The molecular formula is C17H18N4O5S2. The summed E-state index contributed by atoms with van der Waals surface area (Å²) in [6.07, 6.45) is 1.92. The number of carbonyl (C=O) groups is 1. The van der Waals surface area contributed by atoms with E-state index in [1.165, 1.54) is 6.07 Å². The highest BCUT2D eigenvalue weighted by Gasteiger charge is 2.26. The zero-order valence-electron chi connectivity index (χ0n) is 15.0. The average molecular weight is 422 g/mol. The van der Waals surface area contributed by atoms with Gasteiger partial charge in [-0.15, -0.1) is 11.3 Å². The normalized spacial score (nSPS) is 14.7. The molecule has 1 amide bonds. The summed E-state index contributed by atoms with van der Waals surface area (Å²) in [5, 5.41) is 5.43. The Hall–Kier alpha value is -2.50. The second-order valence-corrected chi connectivity index (χ2v) is 9.32. The number of likely N-dealkylation sites (tertiary alicyclic amines) is 1. The SMILES string of the molecule is Cc1ccc(CNS(=O)(=O)c2cc(-c3noc(C(=O)N4CCCC4)n3)cs2)o1. The van der Waals surface area contributed by atoms with Gasteiger partial charge in [0.25, 0.3) is 0 Å². The maximum atomic E-state index is 12.5. The highest BCUT2D eigenvalue weighted by atomic mass is 32.2. The van der Waals surface area contributed by atoms with Crippen LogP contribution < -0.4 is 4.72 Å². The van der Waals surface area contributed by atoms with E-state index < -0.39 is 10.0 Å². The van der Waals surface area contributed by atoms with Gasteiger partial charge in [-0.2, -0.15) is 4.98 Å². The van der Waals surface area contributed by atoms with E-state index in [1.807, 2.05) is 0 Å². The van der Waals surface area contributed by atoms with Crippen LogP contribution in [0.25, 0.3) is 11.4 Å². The number of furan rings is 1. The van der Waals surface area contributed by atoms with Crippen LogP contribution in [0.1, 0.15) is 35.0 Å². The minimum Gasteiger partial charge on any atom is -0.465 e. The molecule has 0 unspecified atom stereocenters. The van der Waals surface area contributed by atoms with Crippen molar-refractivity contribution in [2.45, 2.75) is 30.5 Å². The third kappa shape index (κ3) is 3.86.